The predicted octanol–water partition coefficient (Wildman–Crippen LogP) is 2.43. The Morgan fingerprint density at radius 2 is 2.09 bits per heavy atom. The number of carbonyl (C=O) groups excluding carboxylic acids is 1. The van der Waals surface area contributed by atoms with Crippen molar-refractivity contribution < 1.29 is 14.1 Å². The molecule has 0 unspecified atom stereocenters. The molecule has 0 bridgehead atoms. The number of hydrogen-bond donors (Lipinski definition) is 0. The van der Waals surface area contributed by atoms with Crippen molar-refractivity contribution >= 4 is 5.91 Å². The molecule has 3 rings (SSSR count). The van der Waals surface area contributed by atoms with Crippen LogP contribution >= 0.6 is 0 Å². The number of carbonyl (C=O) groups is 1. The summed E-state index contributed by atoms with van der Waals surface area (Å²) in [6, 6.07) is 0. The maximum atomic E-state index is 12.3. The minimum atomic E-state index is -0.171. The number of ether oxygens (including phenoxy) is 1. The van der Waals surface area contributed by atoms with Crippen LogP contribution in [0.15, 0.2) is 4.52 Å². The molecule has 22 heavy (non-hydrogen) atoms. The SMILES string of the molecule is CC(C)(C)c1nc(CN2CC[C@]3(CCCO3)CCC2=O)no1. The van der Waals surface area contributed by atoms with Gasteiger partial charge in [-0.2, -0.15) is 4.98 Å². The second-order valence-electron chi connectivity index (χ2n) is 7.47. The van der Waals surface area contributed by atoms with Gasteiger partial charge in [0.1, 0.15) is 0 Å². The van der Waals surface area contributed by atoms with Gasteiger partial charge in [-0.05, 0) is 25.7 Å². The lowest BCUT2D eigenvalue weighted by Crippen LogP contribution is -2.32. The van der Waals surface area contributed by atoms with Crippen LogP contribution in [0.1, 0.15) is 64.6 Å². The van der Waals surface area contributed by atoms with E-state index in [0.29, 0.717) is 31.2 Å². The van der Waals surface area contributed by atoms with Gasteiger partial charge in [-0.25, -0.2) is 0 Å². The number of nitrogens with zero attached hydrogens (tertiary/aromatic N) is 3. The van der Waals surface area contributed by atoms with E-state index in [0.717, 1.165) is 32.3 Å². The van der Waals surface area contributed by atoms with E-state index in [1.807, 2.05) is 25.7 Å². The van der Waals surface area contributed by atoms with Gasteiger partial charge in [0.05, 0.1) is 12.1 Å². The summed E-state index contributed by atoms with van der Waals surface area (Å²) in [5, 5.41) is 4.02. The number of likely N-dealkylation sites (tertiary alicyclic amines) is 1. The van der Waals surface area contributed by atoms with Crippen molar-refractivity contribution in [1.82, 2.24) is 15.0 Å². The highest BCUT2D eigenvalue weighted by Gasteiger charge is 2.38. The monoisotopic (exact) mass is 307 g/mol. The van der Waals surface area contributed by atoms with E-state index in [4.69, 9.17) is 9.26 Å². The topological polar surface area (TPSA) is 68.5 Å². The highest BCUT2D eigenvalue weighted by Crippen LogP contribution is 2.36. The zero-order valence-electron chi connectivity index (χ0n) is 13.7. The highest BCUT2D eigenvalue weighted by atomic mass is 16.5. The van der Waals surface area contributed by atoms with Crippen molar-refractivity contribution in [3.05, 3.63) is 11.7 Å². The Morgan fingerprint density at radius 1 is 1.27 bits per heavy atom. The molecule has 6 nitrogen and oxygen atoms in total. The van der Waals surface area contributed by atoms with Gasteiger partial charge >= 0.3 is 0 Å². The molecule has 1 aromatic rings. The molecule has 3 heterocycles. The van der Waals surface area contributed by atoms with Crippen molar-refractivity contribution in [2.75, 3.05) is 13.2 Å². The molecule has 1 spiro atoms. The van der Waals surface area contributed by atoms with E-state index < -0.39 is 0 Å². The predicted molar refractivity (Wildman–Crippen MR) is 80.2 cm³/mol. The summed E-state index contributed by atoms with van der Waals surface area (Å²) in [4.78, 5) is 18.6. The van der Waals surface area contributed by atoms with Crippen molar-refractivity contribution in [3.8, 4) is 0 Å². The summed E-state index contributed by atoms with van der Waals surface area (Å²) < 4.78 is 11.2. The molecule has 2 aliphatic rings. The van der Waals surface area contributed by atoms with E-state index in [-0.39, 0.29) is 16.9 Å². The van der Waals surface area contributed by atoms with Crippen LogP contribution < -0.4 is 0 Å². The first-order chi connectivity index (χ1) is 10.4. The number of amides is 1. The second kappa shape index (κ2) is 5.65. The fraction of sp³-hybridized carbons (Fsp3) is 0.812. The van der Waals surface area contributed by atoms with Gasteiger partial charge in [0.2, 0.25) is 11.8 Å². The Balaban J connectivity index is 1.67. The summed E-state index contributed by atoms with van der Waals surface area (Å²) in [6.45, 7) is 8.05. The summed E-state index contributed by atoms with van der Waals surface area (Å²) in [7, 11) is 0. The van der Waals surface area contributed by atoms with Gasteiger partial charge in [0.15, 0.2) is 5.82 Å². The van der Waals surface area contributed by atoms with Crippen LogP contribution in [0.25, 0.3) is 0 Å². The normalized spacial score (nSPS) is 26.7. The first kappa shape index (κ1) is 15.5. The van der Waals surface area contributed by atoms with Crippen LogP contribution in [0.5, 0.6) is 0 Å². The van der Waals surface area contributed by atoms with Crippen molar-refractivity contribution in [2.24, 2.45) is 0 Å². The van der Waals surface area contributed by atoms with Crippen molar-refractivity contribution in [2.45, 2.75) is 70.4 Å². The quantitative estimate of drug-likeness (QED) is 0.839. The highest BCUT2D eigenvalue weighted by molar-refractivity contribution is 5.76. The van der Waals surface area contributed by atoms with Gasteiger partial charge in [-0.3, -0.25) is 4.79 Å². The Labute approximate surface area is 131 Å². The van der Waals surface area contributed by atoms with E-state index >= 15 is 0 Å². The average molecular weight is 307 g/mol. The molecule has 122 valence electrons. The third-order valence-electron chi connectivity index (χ3n) is 4.61. The smallest absolute Gasteiger partial charge is 0.232 e. The summed E-state index contributed by atoms with van der Waals surface area (Å²) in [5.74, 6) is 1.36. The summed E-state index contributed by atoms with van der Waals surface area (Å²) >= 11 is 0. The molecule has 0 radical (unpaired) electrons. The molecule has 1 amide bonds. The van der Waals surface area contributed by atoms with Crippen LogP contribution in [0.3, 0.4) is 0 Å². The van der Waals surface area contributed by atoms with E-state index in [1.165, 1.54) is 0 Å². The van der Waals surface area contributed by atoms with E-state index in [2.05, 4.69) is 10.1 Å². The maximum absolute atomic E-state index is 12.3. The summed E-state index contributed by atoms with van der Waals surface area (Å²) in [5.41, 5.74) is -0.242. The molecule has 2 saturated heterocycles. The molecule has 1 aromatic heterocycles. The standard InChI is InChI=1S/C16H25N3O3/c1-15(2,3)14-17-12(18-22-14)11-19-9-8-16(6-4-10-21-16)7-5-13(19)20/h4-11H2,1-3H3/t16-/m0/s1. The molecule has 0 aromatic carbocycles. The lowest BCUT2D eigenvalue weighted by molar-refractivity contribution is -0.131. The van der Waals surface area contributed by atoms with Crippen LogP contribution in [0.4, 0.5) is 0 Å². The third-order valence-corrected chi connectivity index (χ3v) is 4.61. The Hall–Kier alpha value is -1.43. The van der Waals surface area contributed by atoms with E-state index in [1.54, 1.807) is 0 Å². The zero-order chi connectivity index (χ0) is 15.8. The Morgan fingerprint density at radius 3 is 2.73 bits per heavy atom. The minimum absolute atomic E-state index is 0.0712. The van der Waals surface area contributed by atoms with E-state index in [9.17, 15) is 4.79 Å². The van der Waals surface area contributed by atoms with Gasteiger partial charge in [-0.15, -0.1) is 0 Å². The number of rotatable bonds is 2. The molecule has 1 atom stereocenters. The molecular formula is C16H25N3O3. The largest absolute Gasteiger partial charge is 0.375 e. The van der Waals surface area contributed by atoms with Crippen LogP contribution in [-0.4, -0.2) is 39.7 Å². The lowest BCUT2D eigenvalue weighted by atomic mass is 9.92. The third kappa shape index (κ3) is 3.16. The van der Waals surface area contributed by atoms with Crippen LogP contribution in [-0.2, 0) is 21.5 Å². The molecule has 0 saturated carbocycles. The average Bonchev–Trinajstić information content (AvgIpc) is 3.07. The van der Waals surface area contributed by atoms with Crippen molar-refractivity contribution in [3.63, 3.8) is 0 Å². The lowest BCUT2D eigenvalue weighted by Gasteiger charge is -2.26. The first-order valence-electron chi connectivity index (χ1n) is 8.13. The molecule has 0 N–H and O–H groups in total. The molecule has 2 aliphatic heterocycles. The van der Waals surface area contributed by atoms with Gasteiger partial charge in [0.25, 0.3) is 0 Å². The van der Waals surface area contributed by atoms with Crippen LogP contribution in [0, 0.1) is 0 Å². The second-order valence-corrected chi connectivity index (χ2v) is 7.47. The fourth-order valence-corrected chi connectivity index (χ4v) is 3.19. The Bertz CT molecular complexity index is 541. The molecule has 2 fully saturated rings. The first-order valence-corrected chi connectivity index (χ1v) is 8.13. The molecular weight excluding hydrogens is 282 g/mol. The van der Waals surface area contributed by atoms with Gasteiger partial charge in [0, 0.05) is 25.0 Å². The zero-order valence-corrected chi connectivity index (χ0v) is 13.7. The molecule has 6 heteroatoms. The van der Waals surface area contributed by atoms with Gasteiger partial charge < -0.3 is 14.2 Å². The minimum Gasteiger partial charge on any atom is -0.375 e. The Kier molecular flexibility index (Phi) is 3.97. The maximum Gasteiger partial charge on any atom is 0.232 e. The fourth-order valence-electron chi connectivity index (χ4n) is 3.19. The number of hydrogen-bond acceptors (Lipinski definition) is 5. The number of aromatic nitrogens is 2. The van der Waals surface area contributed by atoms with Gasteiger partial charge in [-0.1, -0.05) is 25.9 Å². The van der Waals surface area contributed by atoms with Crippen molar-refractivity contribution in [1.29, 1.82) is 0 Å². The van der Waals surface area contributed by atoms with Crippen LogP contribution in [0.2, 0.25) is 0 Å². The molecule has 0 aliphatic carbocycles. The summed E-state index contributed by atoms with van der Waals surface area (Å²) in [6.07, 6.45) is 4.47.